The van der Waals surface area contributed by atoms with E-state index in [-0.39, 0.29) is 0 Å². The van der Waals surface area contributed by atoms with Gasteiger partial charge in [-0.3, -0.25) is 9.88 Å². The van der Waals surface area contributed by atoms with E-state index in [1.54, 1.807) is 12.4 Å². The maximum atomic E-state index is 5.88. The van der Waals surface area contributed by atoms with Crippen molar-refractivity contribution in [2.75, 3.05) is 13.1 Å². The molecule has 1 aliphatic heterocycles. The lowest BCUT2D eigenvalue weighted by Crippen LogP contribution is -2.35. The molecule has 0 bridgehead atoms. The lowest BCUT2D eigenvalue weighted by Gasteiger charge is -2.26. The molecule has 1 fully saturated rings. The Morgan fingerprint density at radius 2 is 1.79 bits per heavy atom. The molecule has 2 aliphatic rings. The Balaban J connectivity index is 1.47. The molecule has 2 aromatic rings. The van der Waals surface area contributed by atoms with E-state index < -0.39 is 0 Å². The predicted molar refractivity (Wildman–Crippen MR) is 94.5 cm³/mol. The van der Waals surface area contributed by atoms with Gasteiger partial charge in [-0.2, -0.15) is 0 Å². The van der Waals surface area contributed by atoms with Crippen molar-refractivity contribution in [3.63, 3.8) is 0 Å². The second-order valence-electron chi connectivity index (χ2n) is 7.00. The van der Waals surface area contributed by atoms with Crippen LogP contribution in [-0.4, -0.2) is 34.0 Å². The van der Waals surface area contributed by atoms with E-state index in [0.717, 1.165) is 30.3 Å². The molecule has 4 rings (SSSR count). The zero-order valence-corrected chi connectivity index (χ0v) is 14.4. The zero-order chi connectivity index (χ0) is 16.4. The van der Waals surface area contributed by atoms with Crippen LogP contribution in [0.25, 0.3) is 0 Å². The van der Waals surface area contributed by atoms with Gasteiger partial charge in [-0.1, -0.05) is 18.9 Å². The van der Waals surface area contributed by atoms with Crippen LogP contribution in [0.2, 0.25) is 0 Å². The first-order valence-electron chi connectivity index (χ1n) is 9.10. The summed E-state index contributed by atoms with van der Waals surface area (Å²) in [6.45, 7) is 4.29. The summed E-state index contributed by atoms with van der Waals surface area (Å²) < 4.78 is 5.88. The highest BCUT2D eigenvalue weighted by molar-refractivity contribution is 5.38. The molecule has 0 saturated heterocycles. The molecule has 1 saturated carbocycles. The Kier molecular flexibility index (Phi) is 4.48. The van der Waals surface area contributed by atoms with E-state index in [9.17, 15) is 0 Å². The first-order valence-corrected chi connectivity index (χ1v) is 9.10. The van der Waals surface area contributed by atoms with Crippen molar-refractivity contribution in [1.82, 2.24) is 14.9 Å². The molecular formula is C20H25N3O. The molecule has 0 spiro atoms. The highest BCUT2D eigenvalue weighted by atomic mass is 16.5. The monoisotopic (exact) mass is 323 g/mol. The van der Waals surface area contributed by atoms with Crippen molar-refractivity contribution < 1.29 is 4.74 Å². The number of hydrogen-bond acceptors (Lipinski definition) is 4. The van der Waals surface area contributed by atoms with Crippen LogP contribution in [-0.2, 0) is 12.8 Å². The number of ether oxygens (including phenoxy) is 1. The van der Waals surface area contributed by atoms with Gasteiger partial charge in [-0.05, 0) is 55.9 Å². The predicted octanol–water partition coefficient (Wildman–Crippen LogP) is 3.92. The van der Waals surface area contributed by atoms with Crippen molar-refractivity contribution in [2.24, 2.45) is 0 Å². The van der Waals surface area contributed by atoms with Gasteiger partial charge in [0.05, 0.1) is 18.1 Å². The second-order valence-corrected chi connectivity index (χ2v) is 7.00. The van der Waals surface area contributed by atoms with E-state index in [1.165, 1.54) is 49.9 Å². The van der Waals surface area contributed by atoms with E-state index in [0.29, 0.717) is 5.88 Å². The summed E-state index contributed by atoms with van der Waals surface area (Å²) in [7, 11) is 0. The molecule has 4 nitrogen and oxygen atoms in total. The highest BCUT2D eigenvalue weighted by Gasteiger charge is 2.24. The Labute approximate surface area is 143 Å². The van der Waals surface area contributed by atoms with Crippen molar-refractivity contribution in [2.45, 2.75) is 51.5 Å². The molecule has 4 heteroatoms. The largest absolute Gasteiger partial charge is 0.437 e. The molecule has 24 heavy (non-hydrogen) atoms. The van der Waals surface area contributed by atoms with Gasteiger partial charge in [0.25, 0.3) is 0 Å². The van der Waals surface area contributed by atoms with Gasteiger partial charge >= 0.3 is 0 Å². The molecule has 0 radical (unpaired) electrons. The number of rotatable bonds is 3. The third-order valence-electron chi connectivity index (χ3n) is 5.34. The minimum Gasteiger partial charge on any atom is -0.437 e. The van der Waals surface area contributed by atoms with Gasteiger partial charge in [0, 0.05) is 19.1 Å². The minimum absolute atomic E-state index is 0.557. The Hall–Kier alpha value is -1.94. The van der Waals surface area contributed by atoms with Crippen LogP contribution in [0.1, 0.15) is 42.5 Å². The topological polar surface area (TPSA) is 38.2 Å². The van der Waals surface area contributed by atoms with Crippen LogP contribution in [0.15, 0.2) is 30.6 Å². The fraction of sp³-hybridized carbons (Fsp3) is 0.500. The van der Waals surface area contributed by atoms with E-state index in [2.05, 4.69) is 33.1 Å². The number of nitrogens with zero attached hydrogens (tertiary/aromatic N) is 3. The number of aryl methyl sites for hydroxylation is 1. The van der Waals surface area contributed by atoms with Crippen LogP contribution in [0.3, 0.4) is 0 Å². The number of hydrogen-bond donors (Lipinski definition) is 0. The fourth-order valence-electron chi connectivity index (χ4n) is 3.97. The number of aromatic nitrogens is 2. The fourth-order valence-corrected chi connectivity index (χ4v) is 3.97. The van der Waals surface area contributed by atoms with Crippen molar-refractivity contribution in [3.8, 4) is 11.6 Å². The van der Waals surface area contributed by atoms with E-state index >= 15 is 0 Å². The van der Waals surface area contributed by atoms with Crippen LogP contribution < -0.4 is 4.74 Å². The van der Waals surface area contributed by atoms with Gasteiger partial charge < -0.3 is 4.74 Å². The zero-order valence-electron chi connectivity index (χ0n) is 14.4. The molecule has 0 unspecified atom stereocenters. The minimum atomic E-state index is 0.557. The summed E-state index contributed by atoms with van der Waals surface area (Å²) in [5.74, 6) is 1.42. The van der Waals surface area contributed by atoms with E-state index in [4.69, 9.17) is 4.74 Å². The maximum Gasteiger partial charge on any atom is 0.237 e. The average molecular weight is 323 g/mol. The summed E-state index contributed by atoms with van der Waals surface area (Å²) in [6.07, 6.45) is 11.3. The lowest BCUT2D eigenvalue weighted by atomic mass is 10.0. The summed E-state index contributed by atoms with van der Waals surface area (Å²) in [6, 6.07) is 7.29. The van der Waals surface area contributed by atoms with Crippen LogP contribution in [0, 0.1) is 6.92 Å². The third kappa shape index (κ3) is 3.44. The smallest absolute Gasteiger partial charge is 0.237 e. The molecule has 1 aromatic carbocycles. The Bertz CT molecular complexity index is 693. The Morgan fingerprint density at radius 3 is 2.54 bits per heavy atom. The second kappa shape index (κ2) is 6.89. The summed E-state index contributed by atoms with van der Waals surface area (Å²) in [5, 5.41) is 0. The molecule has 1 aromatic heterocycles. The quantitative estimate of drug-likeness (QED) is 0.858. The maximum absolute atomic E-state index is 5.88. The van der Waals surface area contributed by atoms with Gasteiger partial charge in [0.2, 0.25) is 5.88 Å². The molecule has 0 atom stereocenters. The lowest BCUT2D eigenvalue weighted by molar-refractivity contribution is 0.208. The molecule has 0 N–H and O–H groups in total. The number of benzene rings is 1. The Morgan fingerprint density at radius 1 is 1.00 bits per heavy atom. The van der Waals surface area contributed by atoms with Gasteiger partial charge in [-0.15, -0.1) is 0 Å². The van der Waals surface area contributed by atoms with Crippen LogP contribution in [0.4, 0.5) is 0 Å². The molecule has 2 heterocycles. The van der Waals surface area contributed by atoms with E-state index in [1.807, 2.05) is 6.92 Å². The van der Waals surface area contributed by atoms with Gasteiger partial charge in [0.1, 0.15) is 5.75 Å². The number of fused-ring (bicyclic) bond motifs is 1. The third-order valence-corrected chi connectivity index (χ3v) is 5.34. The van der Waals surface area contributed by atoms with Crippen molar-refractivity contribution in [3.05, 3.63) is 47.4 Å². The first-order chi connectivity index (χ1) is 11.8. The standard InChI is InChI=1S/C20H25N3O/c1-15-13-22-20(14-21-15)24-19-7-6-16-8-10-23(11-9-17(16)12-19)18-4-2-3-5-18/h6-7,12-14,18H,2-5,8-11H2,1H3. The molecule has 1 aliphatic carbocycles. The first kappa shape index (κ1) is 15.6. The molecule has 0 amide bonds. The van der Waals surface area contributed by atoms with Crippen molar-refractivity contribution in [1.29, 1.82) is 0 Å². The average Bonchev–Trinajstić information content (AvgIpc) is 3.05. The molecular weight excluding hydrogens is 298 g/mol. The summed E-state index contributed by atoms with van der Waals surface area (Å²) in [5.41, 5.74) is 3.79. The molecule has 126 valence electrons. The van der Waals surface area contributed by atoms with Crippen LogP contribution >= 0.6 is 0 Å². The highest BCUT2D eigenvalue weighted by Crippen LogP contribution is 2.28. The summed E-state index contributed by atoms with van der Waals surface area (Å²) in [4.78, 5) is 11.2. The normalized spacial score (nSPS) is 19.0. The van der Waals surface area contributed by atoms with Crippen LogP contribution in [0.5, 0.6) is 11.6 Å². The van der Waals surface area contributed by atoms with Gasteiger partial charge in [0.15, 0.2) is 0 Å². The van der Waals surface area contributed by atoms with Crippen molar-refractivity contribution >= 4 is 0 Å². The van der Waals surface area contributed by atoms with Gasteiger partial charge in [-0.25, -0.2) is 4.98 Å². The summed E-state index contributed by atoms with van der Waals surface area (Å²) >= 11 is 0. The SMILES string of the molecule is Cc1cnc(Oc2ccc3c(c2)CCN(C2CCCC2)CC3)cn1.